The van der Waals surface area contributed by atoms with Crippen LogP contribution in [0.15, 0.2) is 103 Å². The molecule has 0 radical (unpaired) electrons. The molecular weight excluding hydrogens is 434 g/mol. The van der Waals surface area contributed by atoms with Gasteiger partial charge >= 0.3 is 17.9 Å². The molecule has 0 aliphatic rings. The molecule has 168 valence electrons. The molecule has 0 unspecified atom stereocenters. The van der Waals surface area contributed by atoms with Gasteiger partial charge in [0.1, 0.15) is 17.2 Å². The van der Waals surface area contributed by atoms with E-state index >= 15 is 0 Å². The van der Waals surface area contributed by atoms with E-state index in [4.69, 9.17) is 19.9 Å². The lowest BCUT2D eigenvalue weighted by atomic mass is 9.99. The van der Waals surface area contributed by atoms with Gasteiger partial charge in [0.25, 0.3) is 0 Å². The third kappa shape index (κ3) is 5.28. The first kappa shape index (κ1) is 22.3. The Labute approximate surface area is 195 Å². The van der Waals surface area contributed by atoms with Gasteiger partial charge < -0.3 is 19.9 Å². The van der Waals surface area contributed by atoms with Crippen molar-refractivity contribution in [3.05, 3.63) is 120 Å². The number of anilines is 1. The first-order valence-corrected chi connectivity index (χ1v) is 10.3. The molecule has 7 nitrogen and oxygen atoms in total. The SMILES string of the molecule is Nc1cc(C(=O)Oc2ccccc2)c(C(=O)Oc2ccccc2)c(C(=O)Oc2ccccc2)c1. The summed E-state index contributed by atoms with van der Waals surface area (Å²) in [6, 6.07) is 27.4. The topological polar surface area (TPSA) is 105 Å². The third-order valence-electron chi connectivity index (χ3n) is 4.67. The predicted octanol–water partition coefficient (Wildman–Crippen LogP) is 4.93. The first-order valence-electron chi connectivity index (χ1n) is 10.3. The number of hydrogen-bond acceptors (Lipinski definition) is 7. The number of benzene rings is 4. The summed E-state index contributed by atoms with van der Waals surface area (Å²) in [5.74, 6) is -1.96. The van der Waals surface area contributed by atoms with Gasteiger partial charge in [-0.2, -0.15) is 0 Å². The Morgan fingerprint density at radius 2 is 0.824 bits per heavy atom. The minimum Gasteiger partial charge on any atom is -0.423 e. The summed E-state index contributed by atoms with van der Waals surface area (Å²) in [6.07, 6.45) is 0. The summed E-state index contributed by atoms with van der Waals surface area (Å²) in [4.78, 5) is 39.3. The number of carbonyl (C=O) groups is 3. The highest BCUT2D eigenvalue weighted by Crippen LogP contribution is 2.25. The normalized spacial score (nSPS) is 10.2. The lowest BCUT2D eigenvalue weighted by molar-refractivity contribution is 0.0674. The Balaban J connectivity index is 1.76. The molecule has 0 bridgehead atoms. The number of para-hydroxylation sites is 3. The molecule has 4 rings (SSSR count). The highest BCUT2D eigenvalue weighted by Gasteiger charge is 2.29. The summed E-state index contributed by atoms with van der Waals surface area (Å²) in [5, 5.41) is 0. The zero-order valence-electron chi connectivity index (χ0n) is 17.8. The van der Waals surface area contributed by atoms with Crippen LogP contribution < -0.4 is 19.9 Å². The minimum atomic E-state index is -0.939. The Bertz CT molecular complexity index is 1250. The van der Waals surface area contributed by atoms with Crippen LogP contribution in [0.4, 0.5) is 5.69 Å². The Morgan fingerprint density at radius 1 is 0.500 bits per heavy atom. The number of esters is 3. The maximum atomic E-state index is 13.2. The fourth-order valence-electron chi connectivity index (χ4n) is 3.15. The lowest BCUT2D eigenvalue weighted by Crippen LogP contribution is -2.23. The van der Waals surface area contributed by atoms with Crippen LogP contribution >= 0.6 is 0 Å². The monoisotopic (exact) mass is 453 g/mol. The molecule has 0 atom stereocenters. The summed E-state index contributed by atoms with van der Waals surface area (Å²) >= 11 is 0. The molecule has 4 aromatic carbocycles. The van der Waals surface area contributed by atoms with Crippen molar-refractivity contribution < 1.29 is 28.6 Å². The third-order valence-corrected chi connectivity index (χ3v) is 4.67. The summed E-state index contributed by atoms with van der Waals surface area (Å²) in [5.41, 5.74) is 5.26. The van der Waals surface area contributed by atoms with Gasteiger partial charge in [0, 0.05) is 5.69 Å². The van der Waals surface area contributed by atoms with E-state index in [1.165, 1.54) is 12.1 Å². The second-order valence-electron chi connectivity index (χ2n) is 7.10. The van der Waals surface area contributed by atoms with Crippen molar-refractivity contribution in [1.29, 1.82) is 0 Å². The molecule has 7 heteroatoms. The van der Waals surface area contributed by atoms with Gasteiger partial charge in [-0.15, -0.1) is 0 Å². The van der Waals surface area contributed by atoms with Crippen LogP contribution in [0, 0.1) is 0 Å². The van der Waals surface area contributed by atoms with Crippen LogP contribution in [0.25, 0.3) is 0 Å². The number of ether oxygens (including phenoxy) is 3. The van der Waals surface area contributed by atoms with E-state index in [-0.39, 0.29) is 39.6 Å². The Kier molecular flexibility index (Phi) is 6.65. The number of hydrogen-bond donors (Lipinski definition) is 1. The van der Waals surface area contributed by atoms with Crippen molar-refractivity contribution in [2.75, 3.05) is 5.73 Å². The Hall–Kier alpha value is -4.91. The lowest BCUT2D eigenvalue weighted by Gasteiger charge is -2.14. The molecule has 0 aromatic heterocycles. The van der Waals surface area contributed by atoms with E-state index in [2.05, 4.69) is 0 Å². The van der Waals surface area contributed by atoms with Crippen LogP contribution in [0.3, 0.4) is 0 Å². The van der Waals surface area contributed by atoms with Crippen molar-refractivity contribution in [2.45, 2.75) is 0 Å². The van der Waals surface area contributed by atoms with E-state index in [1.54, 1.807) is 91.0 Å². The highest BCUT2D eigenvalue weighted by molar-refractivity contribution is 6.12. The van der Waals surface area contributed by atoms with Crippen LogP contribution in [0.5, 0.6) is 17.2 Å². The number of nitrogens with two attached hydrogens (primary N) is 1. The average Bonchev–Trinajstić information content (AvgIpc) is 2.85. The van der Waals surface area contributed by atoms with Crippen LogP contribution in [0.1, 0.15) is 31.1 Å². The molecule has 2 N–H and O–H groups in total. The summed E-state index contributed by atoms with van der Waals surface area (Å²) < 4.78 is 16.2. The molecule has 0 aliphatic heterocycles. The van der Waals surface area contributed by atoms with Gasteiger partial charge in [-0.3, -0.25) is 0 Å². The second kappa shape index (κ2) is 10.1. The van der Waals surface area contributed by atoms with Crippen LogP contribution in [-0.2, 0) is 0 Å². The molecule has 0 heterocycles. The fourth-order valence-corrected chi connectivity index (χ4v) is 3.15. The van der Waals surface area contributed by atoms with Gasteiger partial charge in [-0.05, 0) is 48.5 Å². The number of rotatable bonds is 6. The molecule has 0 amide bonds. The van der Waals surface area contributed by atoms with Crippen molar-refractivity contribution >= 4 is 23.6 Å². The van der Waals surface area contributed by atoms with Crippen LogP contribution in [0.2, 0.25) is 0 Å². The average molecular weight is 453 g/mol. The minimum absolute atomic E-state index is 0.0660. The largest absolute Gasteiger partial charge is 0.423 e. The molecule has 4 aromatic rings. The van der Waals surface area contributed by atoms with Gasteiger partial charge in [0.05, 0.1) is 16.7 Å². The van der Waals surface area contributed by atoms with Crippen molar-refractivity contribution in [3.8, 4) is 17.2 Å². The van der Waals surface area contributed by atoms with Crippen molar-refractivity contribution in [1.82, 2.24) is 0 Å². The van der Waals surface area contributed by atoms with Gasteiger partial charge in [-0.1, -0.05) is 54.6 Å². The number of nitrogen functional groups attached to an aromatic ring is 1. The van der Waals surface area contributed by atoms with Crippen molar-refractivity contribution in [2.24, 2.45) is 0 Å². The van der Waals surface area contributed by atoms with Gasteiger partial charge in [-0.25, -0.2) is 14.4 Å². The molecule has 0 spiro atoms. The molecule has 0 aliphatic carbocycles. The molecule has 0 saturated heterocycles. The van der Waals surface area contributed by atoms with E-state index in [1.807, 2.05) is 0 Å². The maximum Gasteiger partial charge on any atom is 0.345 e. The molecule has 0 saturated carbocycles. The molecule has 0 fully saturated rings. The highest BCUT2D eigenvalue weighted by atomic mass is 16.5. The summed E-state index contributed by atoms with van der Waals surface area (Å²) in [7, 11) is 0. The quantitative estimate of drug-likeness (QED) is 0.251. The predicted molar refractivity (Wildman–Crippen MR) is 125 cm³/mol. The first-order chi connectivity index (χ1) is 16.5. The van der Waals surface area contributed by atoms with Crippen molar-refractivity contribution in [3.63, 3.8) is 0 Å². The van der Waals surface area contributed by atoms with Gasteiger partial charge in [0.2, 0.25) is 0 Å². The van der Waals surface area contributed by atoms with Gasteiger partial charge in [0.15, 0.2) is 0 Å². The second-order valence-corrected chi connectivity index (χ2v) is 7.10. The smallest absolute Gasteiger partial charge is 0.345 e. The molecular formula is C27H19NO6. The zero-order valence-corrected chi connectivity index (χ0v) is 17.8. The number of carbonyl (C=O) groups excluding carboxylic acids is 3. The fraction of sp³-hybridized carbons (Fsp3) is 0. The molecule has 34 heavy (non-hydrogen) atoms. The van der Waals surface area contributed by atoms with Crippen LogP contribution in [-0.4, -0.2) is 17.9 Å². The van der Waals surface area contributed by atoms with E-state index in [0.717, 1.165) is 0 Å². The maximum absolute atomic E-state index is 13.2. The standard InChI is InChI=1S/C27H19NO6/c28-18-16-22(25(29)32-19-10-4-1-5-11-19)24(27(31)34-21-14-8-3-9-15-21)23(17-18)26(30)33-20-12-6-2-7-13-20/h1-17H,28H2. The van der Waals surface area contributed by atoms with E-state index in [0.29, 0.717) is 0 Å². The zero-order chi connectivity index (χ0) is 23.9. The van der Waals surface area contributed by atoms with E-state index in [9.17, 15) is 14.4 Å². The summed E-state index contributed by atoms with van der Waals surface area (Å²) in [6.45, 7) is 0. The Morgan fingerprint density at radius 3 is 1.18 bits per heavy atom. The van der Waals surface area contributed by atoms with E-state index < -0.39 is 17.9 Å².